The molecule has 0 bridgehead atoms. The highest BCUT2D eigenvalue weighted by Gasteiger charge is 2.13. The van der Waals surface area contributed by atoms with Crippen LogP contribution in [0.3, 0.4) is 0 Å². The molecule has 2 amide bonds. The molecule has 0 saturated heterocycles. The van der Waals surface area contributed by atoms with Gasteiger partial charge in [-0.25, -0.2) is 9.97 Å². The van der Waals surface area contributed by atoms with Crippen molar-refractivity contribution in [1.82, 2.24) is 19.9 Å². The fourth-order valence-electron chi connectivity index (χ4n) is 2.57. The molecule has 0 spiro atoms. The minimum atomic E-state index is -0.292. The second-order valence-electron chi connectivity index (χ2n) is 6.16. The van der Waals surface area contributed by atoms with Crippen LogP contribution < -0.4 is 10.6 Å². The second-order valence-corrected chi connectivity index (χ2v) is 6.16. The molecule has 0 fully saturated rings. The van der Waals surface area contributed by atoms with Gasteiger partial charge in [-0.3, -0.25) is 9.59 Å². The molecule has 3 rings (SSSR count). The van der Waals surface area contributed by atoms with Crippen LogP contribution in [0, 0.1) is 6.92 Å². The van der Waals surface area contributed by atoms with Crippen molar-refractivity contribution in [1.29, 1.82) is 0 Å². The van der Waals surface area contributed by atoms with E-state index in [9.17, 15) is 9.59 Å². The molecule has 0 saturated carbocycles. The van der Waals surface area contributed by atoms with E-state index in [4.69, 9.17) is 0 Å². The monoisotopic (exact) mass is 351 g/mol. The van der Waals surface area contributed by atoms with Gasteiger partial charge in [0.1, 0.15) is 5.52 Å². The summed E-state index contributed by atoms with van der Waals surface area (Å²) in [5, 5.41) is 5.69. The number of hydrogen-bond acceptors (Lipinski definition) is 4. The van der Waals surface area contributed by atoms with Crippen molar-refractivity contribution in [3.8, 4) is 0 Å². The number of amides is 2. The molecule has 0 radical (unpaired) electrons. The van der Waals surface area contributed by atoms with Crippen LogP contribution in [0.25, 0.3) is 11.2 Å². The van der Waals surface area contributed by atoms with E-state index in [1.165, 1.54) is 6.20 Å². The normalized spacial score (nSPS) is 10.7. The lowest BCUT2D eigenvalue weighted by atomic mass is 10.1. The molecule has 1 aromatic carbocycles. The fraction of sp³-hybridized carbons (Fsp3) is 0.263. The third-order valence-electron chi connectivity index (χ3n) is 4.10. The zero-order valence-electron chi connectivity index (χ0n) is 15.0. The number of imidazole rings is 1. The van der Waals surface area contributed by atoms with Gasteiger partial charge in [-0.15, -0.1) is 0 Å². The molecular weight excluding hydrogens is 330 g/mol. The van der Waals surface area contributed by atoms with E-state index >= 15 is 0 Å². The third kappa shape index (κ3) is 3.56. The van der Waals surface area contributed by atoms with Crippen LogP contribution in [-0.2, 0) is 7.05 Å². The first-order chi connectivity index (χ1) is 12.5. The van der Waals surface area contributed by atoms with Gasteiger partial charge in [0.25, 0.3) is 11.8 Å². The van der Waals surface area contributed by atoms with E-state index in [0.717, 1.165) is 12.0 Å². The number of fused-ring (bicyclic) bond motifs is 1. The van der Waals surface area contributed by atoms with Gasteiger partial charge in [-0.2, -0.15) is 0 Å². The largest absolute Gasteiger partial charge is 0.352 e. The van der Waals surface area contributed by atoms with E-state index in [1.807, 2.05) is 27.0 Å². The number of anilines is 1. The zero-order valence-corrected chi connectivity index (χ0v) is 15.0. The molecule has 0 unspecified atom stereocenters. The fourth-order valence-corrected chi connectivity index (χ4v) is 2.57. The molecule has 7 heteroatoms. The van der Waals surface area contributed by atoms with E-state index in [0.29, 0.717) is 34.5 Å². The number of nitrogens with one attached hydrogen (secondary N) is 2. The molecule has 3 aromatic rings. The summed E-state index contributed by atoms with van der Waals surface area (Å²) in [4.78, 5) is 33.2. The van der Waals surface area contributed by atoms with Crippen LogP contribution in [0.5, 0.6) is 0 Å². The van der Waals surface area contributed by atoms with E-state index in [-0.39, 0.29) is 11.8 Å². The molecule has 26 heavy (non-hydrogen) atoms. The summed E-state index contributed by atoms with van der Waals surface area (Å²) in [6.07, 6.45) is 4.04. The SMILES string of the molecule is CCCNC(=O)c1ccc(C)c(NC(=O)c2cnc3c(c2)ncn3C)c1. The number of rotatable bonds is 5. The zero-order chi connectivity index (χ0) is 18.7. The number of benzene rings is 1. The van der Waals surface area contributed by atoms with Crippen molar-refractivity contribution in [3.63, 3.8) is 0 Å². The summed E-state index contributed by atoms with van der Waals surface area (Å²) >= 11 is 0. The number of aromatic nitrogens is 3. The van der Waals surface area contributed by atoms with Crippen LogP contribution in [0.2, 0.25) is 0 Å². The Hall–Kier alpha value is -3.22. The van der Waals surface area contributed by atoms with E-state index < -0.39 is 0 Å². The molecule has 0 aliphatic heterocycles. The molecule has 2 heterocycles. The first-order valence-corrected chi connectivity index (χ1v) is 8.47. The van der Waals surface area contributed by atoms with Crippen LogP contribution in [-0.4, -0.2) is 32.9 Å². The Bertz CT molecular complexity index is 977. The second kappa shape index (κ2) is 7.35. The number of pyridine rings is 1. The van der Waals surface area contributed by atoms with Gasteiger partial charge in [0.15, 0.2) is 5.65 Å². The van der Waals surface area contributed by atoms with Crippen molar-refractivity contribution in [2.75, 3.05) is 11.9 Å². The summed E-state index contributed by atoms with van der Waals surface area (Å²) in [6, 6.07) is 6.95. The van der Waals surface area contributed by atoms with Crippen LogP contribution in [0.4, 0.5) is 5.69 Å². The number of hydrogen-bond donors (Lipinski definition) is 2. The first kappa shape index (κ1) is 17.6. The summed E-state index contributed by atoms with van der Waals surface area (Å²) in [6.45, 7) is 4.49. The van der Waals surface area contributed by atoms with Gasteiger partial charge >= 0.3 is 0 Å². The Morgan fingerprint density at radius 3 is 2.69 bits per heavy atom. The van der Waals surface area contributed by atoms with E-state index in [2.05, 4.69) is 20.6 Å². The minimum Gasteiger partial charge on any atom is -0.352 e. The first-order valence-electron chi connectivity index (χ1n) is 8.47. The summed E-state index contributed by atoms with van der Waals surface area (Å²) in [7, 11) is 1.85. The van der Waals surface area contributed by atoms with Crippen molar-refractivity contribution >= 4 is 28.7 Å². The Labute approximate surface area is 151 Å². The van der Waals surface area contributed by atoms with Crippen molar-refractivity contribution in [2.24, 2.45) is 7.05 Å². The maximum Gasteiger partial charge on any atom is 0.257 e. The van der Waals surface area contributed by atoms with Crippen molar-refractivity contribution in [2.45, 2.75) is 20.3 Å². The minimum absolute atomic E-state index is 0.154. The van der Waals surface area contributed by atoms with Gasteiger partial charge in [0, 0.05) is 31.0 Å². The van der Waals surface area contributed by atoms with Gasteiger partial charge < -0.3 is 15.2 Å². The number of carbonyl (C=O) groups excluding carboxylic acids is 2. The van der Waals surface area contributed by atoms with Crippen LogP contribution >= 0.6 is 0 Å². The molecule has 134 valence electrons. The number of carbonyl (C=O) groups is 2. The third-order valence-corrected chi connectivity index (χ3v) is 4.10. The Balaban J connectivity index is 1.82. The average Bonchev–Trinajstić information content (AvgIpc) is 3.01. The predicted molar refractivity (Wildman–Crippen MR) is 100 cm³/mol. The molecule has 0 atom stereocenters. The molecule has 2 N–H and O–H groups in total. The van der Waals surface area contributed by atoms with Gasteiger partial charge in [-0.1, -0.05) is 13.0 Å². The average molecular weight is 351 g/mol. The standard InChI is InChI=1S/C19H21N5O2/c1-4-7-20-18(25)13-6-5-12(2)15(8-13)23-19(26)14-9-16-17(21-10-14)24(3)11-22-16/h5-6,8-11H,4,7H2,1-3H3,(H,20,25)(H,23,26). The highest BCUT2D eigenvalue weighted by molar-refractivity contribution is 6.06. The summed E-state index contributed by atoms with van der Waals surface area (Å²) in [5.41, 5.74) is 3.77. The van der Waals surface area contributed by atoms with Gasteiger partial charge in [-0.05, 0) is 37.1 Å². The molecule has 2 aromatic heterocycles. The summed E-state index contributed by atoms with van der Waals surface area (Å²) in [5.74, 6) is -0.446. The lowest BCUT2D eigenvalue weighted by Crippen LogP contribution is -2.24. The molecule has 0 aliphatic rings. The van der Waals surface area contributed by atoms with Crippen LogP contribution in [0.15, 0.2) is 36.8 Å². The van der Waals surface area contributed by atoms with Crippen LogP contribution in [0.1, 0.15) is 39.6 Å². The van der Waals surface area contributed by atoms with Crippen molar-refractivity contribution in [3.05, 3.63) is 53.5 Å². The quantitative estimate of drug-likeness (QED) is 0.740. The Kier molecular flexibility index (Phi) is 4.97. The predicted octanol–water partition coefficient (Wildman–Crippen LogP) is 2.67. The lowest BCUT2D eigenvalue weighted by molar-refractivity contribution is 0.0952. The maximum absolute atomic E-state index is 12.6. The topological polar surface area (TPSA) is 88.9 Å². The highest BCUT2D eigenvalue weighted by atomic mass is 16.2. The van der Waals surface area contributed by atoms with Gasteiger partial charge in [0.05, 0.1) is 11.9 Å². The van der Waals surface area contributed by atoms with Crippen molar-refractivity contribution < 1.29 is 9.59 Å². The lowest BCUT2D eigenvalue weighted by Gasteiger charge is -2.11. The van der Waals surface area contributed by atoms with Gasteiger partial charge in [0.2, 0.25) is 0 Å². The Morgan fingerprint density at radius 1 is 1.12 bits per heavy atom. The molecular formula is C19H21N5O2. The maximum atomic E-state index is 12.6. The smallest absolute Gasteiger partial charge is 0.257 e. The highest BCUT2D eigenvalue weighted by Crippen LogP contribution is 2.19. The molecule has 0 aliphatic carbocycles. The van der Waals surface area contributed by atoms with E-state index in [1.54, 1.807) is 29.1 Å². The summed E-state index contributed by atoms with van der Waals surface area (Å²) < 4.78 is 1.79. The number of nitrogens with zero attached hydrogens (tertiary/aromatic N) is 3. The number of aryl methyl sites for hydroxylation is 2. The molecule has 7 nitrogen and oxygen atoms in total. The Morgan fingerprint density at radius 2 is 1.92 bits per heavy atom.